The zero-order valence-electron chi connectivity index (χ0n) is 13.3. The first-order valence-corrected chi connectivity index (χ1v) is 7.15. The molecule has 0 saturated heterocycles. The molecule has 6 heteroatoms. The first-order valence-electron chi connectivity index (χ1n) is 7.15. The van der Waals surface area contributed by atoms with Crippen molar-refractivity contribution in [3.05, 3.63) is 52.6 Å². The smallest absolute Gasteiger partial charge is 0.315 e. The number of nitrogens with one attached hydrogen (secondary N) is 2. The van der Waals surface area contributed by atoms with Crippen LogP contribution in [0.15, 0.2) is 24.5 Å². The Labute approximate surface area is 129 Å². The lowest BCUT2D eigenvalue weighted by Gasteiger charge is -2.14. The van der Waals surface area contributed by atoms with E-state index in [2.05, 4.69) is 15.7 Å². The third kappa shape index (κ3) is 3.84. The molecule has 2 rings (SSSR count). The molecule has 1 aromatic heterocycles. The number of urea groups is 1. The lowest BCUT2D eigenvalue weighted by atomic mass is 10.1. The Morgan fingerprint density at radius 2 is 2.00 bits per heavy atom. The summed E-state index contributed by atoms with van der Waals surface area (Å²) in [6.07, 6.45) is 3.58. The molecule has 2 amide bonds. The van der Waals surface area contributed by atoms with Crippen molar-refractivity contribution >= 4 is 6.03 Å². The molecule has 22 heavy (non-hydrogen) atoms. The molecule has 1 heterocycles. The lowest BCUT2D eigenvalue weighted by Crippen LogP contribution is -2.36. The molecule has 0 aliphatic carbocycles. The van der Waals surface area contributed by atoms with Gasteiger partial charge in [0, 0.05) is 25.4 Å². The molecule has 0 aliphatic rings. The summed E-state index contributed by atoms with van der Waals surface area (Å²) < 4.78 is 15.3. The lowest BCUT2D eigenvalue weighted by molar-refractivity contribution is 0.237. The highest BCUT2D eigenvalue weighted by Crippen LogP contribution is 2.14. The van der Waals surface area contributed by atoms with Crippen LogP contribution in [0.2, 0.25) is 0 Å². The van der Waals surface area contributed by atoms with Crippen LogP contribution in [0.3, 0.4) is 0 Å². The Kier molecular flexibility index (Phi) is 4.80. The molecular formula is C16H21FN4O. The number of benzene rings is 1. The van der Waals surface area contributed by atoms with Gasteiger partial charge in [-0.1, -0.05) is 12.1 Å². The summed E-state index contributed by atoms with van der Waals surface area (Å²) in [5, 5.41) is 9.70. The van der Waals surface area contributed by atoms with Crippen LogP contribution in [0.4, 0.5) is 9.18 Å². The van der Waals surface area contributed by atoms with Crippen molar-refractivity contribution in [1.29, 1.82) is 0 Å². The van der Waals surface area contributed by atoms with Gasteiger partial charge in [-0.2, -0.15) is 5.10 Å². The molecule has 0 spiro atoms. The molecule has 0 bridgehead atoms. The van der Waals surface area contributed by atoms with Gasteiger partial charge in [0.25, 0.3) is 0 Å². The molecule has 0 unspecified atom stereocenters. The number of aryl methyl sites for hydroxylation is 3. The predicted octanol–water partition coefficient (Wildman–Crippen LogP) is 2.74. The maximum Gasteiger partial charge on any atom is 0.315 e. The van der Waals surface area contributed by atoms with Gasteiger partial charge in [-0.25, -0.2) is 9.18 Å². The van der Waals surface area contributed by atoms with E-state index in [0.717, 1.165) is 11.1 Å². The van der Waals surface area contributed by atoms with Crippen LogP contribution >= 0.6 is 0 Å². The minimum absolute atomic E-state index is 0.134. The standard InChI is InChI=1S/C16H21FN4O/c1-10-5-13(6-11(2)15(10)17)7-18-16(22)20-12(3)14-8-19-21(4)9-14/h5-6,8-9,12H,7H2,1-4H3,(H2,18,20,22)/t12-/m0/s1. The van der Waals surface area contributed by atoms with Gasteiger partial charge in [0.2, 0.25) is 0 Å². The number of hydrogen-bond donors (Lipinski definition) is 2. The molecule has 0 radical (unpaired) electrons. The van der Waals surface area contributed by atoms with Gasteiger partial charge >= 0.3 is 6.03 Å². The molecule has 0 fully saturated rings. The van der Waals surface area contributed by atoms with Gasteiger partial charge in [-0.15, -0.1) is 0 Å². The Morgan fingerprint density at radius 1 is 1.36 bits per heavy atom. The Balaban J connectivity index is 1.90. The molecule has 0 saturated carbocycles. The summed E-state index contributed by atoms with van der Waals surface area (Å²) in [6, 6.07) is 3.08. The predicted molar refractivity (Wildman–Crippen MR) is 82.9 cm³/mol. The Morgan fingerprint density at radius 3 is 2.55 bits per heavy atom. The maximum absolute atomic E-state index is 13.6. The molecular weight excluding hydrogens is 283 g/mol. The molecule has 118 valence electrons. The largest absolute Gasteiger partial charge is 0.334 e. The topological polar surface area (TPSA) is 59.0 Å². The Hall–Kier alpha value is -2.37. The molecule has 2 aromatic rings. The van der Waals surface area contributed by atoms with E-state index in [4.69, 9.17) is 0 Å². The fourth-order valence-electron chi connectivity index (χ4n) is 2.31. The number of nitrogens with zero attached hydrogens (tertiary/aromatic N) is 2. The summed E-state index contributed by atoms with van der Waals surface area (Å²) in [5.41, 5.74) is 2.98. The first kappa shape index (κ1) is 16.0. The number of hydrogen-bond acceptors (Lipinski definition) is 2. The maximum atomic E-state index is 13.6. The van der Waals surface area contributed by atoms with Crippen LogP contribution in [0, 0.1) is 19.7 Å². The van der Waals surface area contributed by atoms with E-state index >= 15 is 0 Å². The summed E-state index contributed by atoms with van der Waals surface area (Å²) >= 11 is 0. The minimum Gasteiger partial charge on any atom is -0.334 e. The Bertz CT molecular complexity index is 658. The third-order valence-corrected chi connectivity index (χ3v) is 3.52. The highest BCUT2D eigenvalue weighted by atomic mass is 19.1. The van der Waals surface area contributed by atoms with E-state index in [-0.39, 0.29) is 17.9 Å². The van der Waals surface area contributed by atoms with Gasteiger partial charge in [-0.3, -0.25) is 4.68 Å². The molecule has 2 N–H and O–H groups in total. The minimum atomic E-state index is -0.268. The van der Waals surface area contributed by atoms with Crippen molar-refractivity contribution in [2.24, 2.45) is 7.05 Å². The van der Waals surface area contributed by atoms with Crippen molar-refractivity contribution in [2.45, 2.75) is 33.4 Å². The van der Waals surface area contributed by atoms with Gasteiger partial charge in [0.15, 0.2) is 0 Å². The molecule has 5 nitrogen and oxygen atoms in total. The van der Waals surface area contributed by atoms with Crippen molar-refractivity contribution in [1.82, 2.24) is 20.4 Å². The van der Waals surface area contributed by atoms with E-state index in [0.29, 0.717) is 17.7 Å². The van der Waals surface area contributed by atoms with E-state index in [1.165, 1.54) is 0 Å². The highest BCUT2D eigenvalue weighted by Gasteiger charge is 2.11. The first-order chi connectivity index (χ1) is 10.4. The second kappa shape index (κ2) is 6.60. The second-order valence-electron chi connectivity index (χ2n) is 5.54. The third-order valence-electron chi connectivity index (χ3n) is 3.52. The second-order valence-corrected chi connectivity index (χ2v) is 5.54. The van der Waals surface area contributed by atoms with Crippen LogP contribution in [0.5, 0.6) is 0 Å². The zero-order chi connectivity index (χ0) is 16.3. The number of amides is 2. The van der Waals surface area contributed by atoms with Crippen molar-refractivity contribution in [3.8, 4) is 0 Å². The van der Waals surface area contributed by atoms with Crippen LogP contribution in [0.25, 0.3) is 0 Å². The number of carbonyl (C=O) groups excluding carboxylic acids is 1. The average Bonchev–Trinajstić information content (AvgIpc) is 2.89. The number of aromatic nitrogens is 2. The van der Waals surface area contributed by atoms with E-state index in [1.807, 2.05) is 20.2 Å². The highest BCUT2D eigenvalue weighted by molar-refractivity contribution is 5.74. The van der Waals surface area contributed by atoms with Gasteiger partial charge in [0.05, 0.1) is 12.2 Å². The fraction of sp³-hybridized carbons (Fsp3) is 0.375. The van der Waals surface area contributed by atoms with E-state index in [1.54, 1.807) is 36.9 Å². The van der Waals surface area contributed by atoms with Crippen LogP contribution in [-0.4, -0.2) is 15.8 Å². The van der Waals surface area contributed by atoms with E-state index < -0.39 is 0 Å². The number of rotatable bonds is 4. The zero-order valence-corrected chi connectivity index (χ0v) is 13.3. The normalized spacial score (nSPS) is 12.0. The summed E-state index contributed by atoms with van der Waals surface area (Å²) in [5.74, 6) is -0.196. The quantitative estimate of drug-likeness (QED) is 0.912. The van der Waals surface area contributed by atoms with Gasteiger partial charge in [0.1, 0.15) is 5.82 Å². The number of halogens is 1. The summed E-state index contributed by atoms with van der Waals surface area (Å²) in [6.45, 7) is 5.68. The summed E-state index contributed by atoms with van der Waals surface area (Å²) in [7, 11) is 1.83. The van der Waals surface area contributed by atoms with Crippen molar-refractivity contribution in [3.63, 3.8) is 0 Å². The van der Waals surface area contributed by atoms with Gasteiger partial charge in [-0.05, 0) is 37.5 Å². The monoisotopic (exact) mass is 304 g/mol. The SMILES string of the molecule is Cc1cc(CNC(=O)N[C@@H](C)c2cnn(C)c2)cc(C)c1F. The molecule has 1 aromatic carbocycles. The van der Waals surface area contributed by atoms with Crippen molar-refractivity contribution in [2.75, 3.05) is 0 Å². The number of carbonyl (C=O) groups is 1. The molecule has 1 atom stereocenters. The van der Waals surface area contributed by atoms with Crippen LogP contribution in [0.1, 0.15) is 35.2 Å². The van der Waals surface area contributed by atoms with Crippen LogP contribution < -0.4 is 10.6 Å². The molecule has 0 aliphatic heterocycles. The summed E-state index contributed by atoms with van der Waals surface area (Å²) in [4.78, 5) is 11.9. The fourth-order valence-corrected chi connectivity index (χ4v) is 2.31. The van der Waals surface area contributed by atoms with Gasteiger partial charge < -0.3 is 10.6 Å². The van der Waals surface area contributed by atoms with E-state index in [9.17, 15) is 9.18 Å². The van der Waals surface area contributed by atoms with Crippen LogP contribution in [-0.2, 0) is 13.6 Å². The average molecular weight is 304 g/mol. The van der Waals surface area contributed by atoms with Crippen molar-refractivity contribution < 1.29 is 9.18 Å².